The van der Waals surface area contributed by atoms with Gasteiger partial charge in [0, 0.05) is 31.1 Å². The lowest BCUT2D eigenvalue weighted by atomic mass is 9.98. The second-order valence-corrected chi connectivity index (χ2v) is 12.0. The van der Waals surface area contributed by atoms with Gasteiger partial charge in [0.15, 0.2) is 11.6 Å². The maximum atomic E-state index is 5.16. The van der Waals surface area contributed by atoms with Gasteiger partial charge in [-0.2, -0.15) is 5.21 Å². The zero-order valence-corrected chi connectivity index (χ0v) is 26.7. The monoisotopic (exact) mass is 596 g/mol. The highest BCUT2D eigenvalue weighted by atomic mass is 15.5. The van der Waals surface area contributed by atoms with Gasteiger partial charge in [-0.3, -0.25) is 0 Å². The first-order valence-corrected chi connectivity index (χ1v) is 15.3. The van der Waals surface area contributed by atoms with Gasteiger partial charge in [-0.1, -0.05) is 62.4 Å². The fourth-order valence-corrected chi connectivity index (χ4v) is 5.29. The van der Waals surface area contributed by atoms with Crippen molar-refractivity contribution in [3.63, 3.8) is 0 Å². The smallest absolute Gasteiger partial charge is 0.205 e. The van der Waals surface area contributed by atoms with Gasteiger partial charge in [-0.15, -0.1) is 20.4 Å². The number of hydrogen-bond donors (Lipinski definition) is 3. The van der Waals surface area contributed by atoms with E-state index in [-0.39, 0.29) is 5.92 Å². The normalized spacial score (nSPS) is 11.8. The summed E-state index contributed by atoms with van der Waals surface area (Å²) in [5.41, 5.74) is 6.09. The van der Waals surface area contributed by atoms with E-state index in [1.54, 1.807) is 0 Å². The summed E-state index contributed by atoms with van der Waals surface area (Å²) in [5.74, 6) is 3.30. The molecule has 3 N–H and O–H groups in total. The fraction of sp³-hybridized carbons (Fsp3) is 0.438. The van der Waals surface area contributed by atoms with Crippen LogP contribution in [0.25, 0.3) is 33.5 Å². The van der Waals surface area contributed by atoms with Crippen LogP contribution in [0, 0.1) is 0 Å². The van der Waals surface area contributed by atoms with E-state index in [0.717, 1.165) is 84.2 Å². The van der Waals surface area contributed by atoms with Crippen molar-refractivity contribution in [2.45, 2.75) is 39.2 Å². The summed E-state index contributed by atoms with van der Waals surface area (Å²) < 4.78 is 2.30. The van der Waals surface area contributed by atoms with Gasteiger partial charge in [0.1, 0.15) is 16.9 Å². The molecule has 232 valence electrons. The molecule has 0 spiro atoms. The molecule has 3 heterocycles. The van der Waals surface area contributed by atoms with Crippen LogP contribution in [0.3, 0.4) is 0 Å². The van der Waals surface area contributed by atoms with Crippen molar-refractivity contribution in [3.8, 4) is 22.5 Å². The number of aromatic nitrogens is 8. The van der Waals surface area contributed by atoms with E-state index in [2.05, 4.69) is 128 Å². The van der Waals surface area contributed by atoms with Crippen molar-refractivity contribution < 1.29 is 0 Å². The molecule has 5 rings (SSSR count). The van der Waals surface area contributed by atoms with Crippen molar-refractivity contribution in [2.24, 2.45) is 0 Å². The van der Waals surface area contributed by atoms with Crippen LogP contribution >= 0.6 is 0 Å². The van der Waals surface area contributed by atoms with Crippen LogP contribution < -0.4 is 10.6 Å². The molecule has 0 unspecified atom stereocenters. The number of benzene rings is 2. The third kappa shape index (κ3) is 7.37. The molecule has 0 saturated carbocycles. The summed E-state index contributed by atoms with van der Waals surface area (Å²) in [7, 11) is 8.36. The van der Waals surface area contributed by atoms with Gasteiger partial charge in [-0.25, -0.2) is 4.98 Å². The number of tetrazole rings is 1. The van der Waals surface area contributed by atoms with Gasteiger partial charge in [0.05, 0.1) is 0 Å². The SMILES string of the molecule is CC(C)c1nc2c(NCCCN(C)C)nnc(NCCCN(C)C)c2n1Cc1ccc(-c2ccccc2-c2nn[nH]n2)cc1. The molecule has 0 aliphatic rings. The molecule has 0 bridgehead atoms. The highest BCUT2D eigenvalue weighted by Gasteiger charge is 2.22. The van der Waals surface area contributed by atoms with E-state index >= 15 is 0 Å². The Morgan fingerprint density at radius 3 is 2.05 bits per heavy atom. The lowest BCUT2D eigenvalue weighted by molar-refractivity contribution is 0.405. The zero-order valence-electron chi connectivity index (χ0n) is 26.7. The van der Waals surface area contributed by atoms with E-state index in [1.165, 1.54) is 5.56 Å². The van der Waals surface area contributed by atoms with Gasteiger partial charge < -0.3 is 25.0 Å². The number of hydrogen-bond acceptors (Lipinski definition) is 10. The fourth-order valence-electron chi connectivity index (χ4n) is 5.29. The van der Waals surface area contributed by atoms with Crippen molar-refractivity contribution >= 4 is 22.7 Å². The van der Waals surface area contributed by atoms with Crippen LogP contribution in [-0.4, -0.2) is 105 Å². The van der Waals surface area contributed by atoms with Crippen molar-refractivity contribution in [1.82, 2.24) is 50.2 Å². The average Bonchev–Trinajstić information content (AvgIpc) is 3.68. The number of anilines is 2. The van der Waals surface area contributed by atoms with Gasteiger partial charge in [0.25, 0.3) is 0 Å². The van der Waals surface area contributed by atoms with Crippen LogP contribution in [-0.2, 0) is 6.54 Å². The Hall–Kier alpha value is -4.42. The van der Waals surface area contributed by atoms with Crippen molar-refractivity contribution in [2.75, 3.05) is 65.0 Å². The topological polar surface area (TPSA) is 129 Å². The molecular weight excluding hydrogens is 552 g/mol. The Bertz CT molecular complexity index is 1620. The third-order valence-corrected chi connectivity index (χ3v) is 7.48. The first-order valence-electron chi connectivity index (χ1n) is 15.3. The molecule has 0 radical (unpaired) electrons. The molecule has 12 heteroatoms. The Kier molecular flexibility index (Phi) is 10.1. The largest absolute Gasteiger partial charge is 0.367 e. The molecule has 0 atom stereocenters. The molecule has 0 amide bonds. The summed E-state index contributed by atoms with van der Waals surface area (Å²) in [6, 6.07) is 16.8. The minimum absolute atomic E-state index is 0.215. The number of nitrogens with one attached hydrogen (secondary N) is 3. The lowest BCUT2D eigenvalue weighted by Crippen LogP contribution is -2.18. The summed E-state index contributed by atoms with van der Waals surface area (Å²) >= 11 is 0. The standard InChI is InChI=1S/C32H44N12/c1-22(2)32-35-27-28(31(34-18-10-20-43(5)6)37-36-30(27)33-17-9-19-42(3)4)44(32)21-23-13-15-24(16-14-23)25-11-7-8-12-26(25)29-38-40-41-39-29/h7-8,11-16,22H,9-10,17-21H2,1-6H3,(H,33,36)(H,34,37)(H,38,39,40,41). The van der Waals surface area contributed by atoms with Gasteiger partial charge >= 0.3 is 0 Å². The van der Waals surface area contributed by atoms with Crippen LogP contribution in [0.5, 0.6) is 0 Å². The number of aromatic amines is 1. The lowest BCUT2D eigenvalue weighted by Gasteiger charge is -2.16. The quantitative estimate of drug-likeness (QED) is 0.148. The third-order valence-electron chi connectivity index (χ3n) is 7.48. The van der Waals surface area contributed by atoms with Gasteiger partial charge in [-0.05, 0) is 76.0 Å². The first-order chi connectivity index (χ1) is 21.3. The number of imidazole rings is 1. The predicted octanol–water partition coefficient (Wildman–Crippen LogP) is 4.57. The Balaban J connectivity index is 1.48. The Labute approximate surface area is 259 Å². The van der Waals surface area contributed by atoms with E-state index in [1.807, 2.05) is 18.2 Å². The summed E-state index contributed by atoms with van der Waals surface area (Å²) in [5, 5.41) is 31.0. The molecule has 12 nitrogen and oxygen atoms in total. The zero-order chi connectivity index (χ0) is 31.1. The van der Waals surface area contributed by atoms with E-state index in [9.17, 15) is 0 Å². The van der Waals surface area contributed by atoms with Gasteiger partial charge in [0.2, 0.25) is 5.82 Å². The molecule has 3 aromatic heterocycles. The molecule has 0 aliphatic carbocycles. The summed E-state index contributed by atoms with van der Waals surface area (Å²) in [6.45, 7) is 8.62. The number of H-pyrrole nitrogens is 1. The highest BCUT2D eigenvalue weighted by Crippen LogP contribution is 2.33. The molecule has 0 saturated heterocycles. The maximum Gasteiger partial charge on any atom is 0.205 e. The van der Waals surface area contributed by atoms with Crippen molar-refractivity contribution in [3.05, 3.63) is 59.9 Å². The second-order valence-electron chi connectivity index (χ2n) is 12.0. The first kappa shape index (κ1) is 31.0. The second kappa shape index (κ2) is 14.4. The Morgan fingerprint density at radius 1 is 0.795 bits per heavy atom. The van der Waals surface area contributed by atoms with E-state index in [0.29, 0.717) is 12.4 Å². The van der Waals surface area contributed by atoms with E-state index in [4.69, 9.17) is 4.98 Å². The maximum absolute atomic E-state index is 5.16. The van der Waals surface area contributed by atoms with Crippen LogP contribution in [0.2, 0.25) is 0 Å². The van der Waals surface area contributed by atoms with Crippen LogP contribution in [0.15, 0.2) is 48.5 Å². The molecule has 0 aliphatic heterocycles. The molecule has 2 aromatic carbocycles. The highest BCUT2D eigenvalue weighted by molar-refractivity contribution is 5.94. The minimum atomic E-state index is 0.215. The number of fused-ring (bicyclic) bond motifs is 1. The molecule has 5 aromatic rings. The summed E-state index contributed by atoms with van der Waals surface area (Å²) in [4.78, 5) is 9.54. The van der Waals surface area contributed by atoms with Crippen LogP contribution in [0.1, 0.15) is 44.0 Å². The van der Waals surface area contributed by atoms with E-state index < -0.39 is 0 Å². The average molecular weight is 597 g/mol. The number of rotatable bonds is 15. The predicted molar refractivity (Wildman–Crippen MR) is 177 cm³/mol. The Morgan fingerprint density at radius 2 is 1.43 bits per heavy atom. The molecular formula is C32H44N12. The van der Waals surface area contributed by atoms with Crippen molar-refractivity contribution in [1.29, 1.82) is 0 Å². The molecule has 0 fully saturated rings. The minimum Gasteiger partial charge on any atom is -0.367 e. The number of nitrogens with zero attached hydrogens (tertiary/aromatic N) is 9. The summed E-state index contributed by atoms with van der Waals surface area (Å²) in [6.07, 6.45) is 2.00. The van der Waals surface area contributed by atoms with Crippen LogP contribution in [0.4, 0.5) is 11.6 Å². The molecule has 44 heavy (non-hydrogen) atoms.